The Balaban J connectivity index is 1.87. The van der Waals surface area contributed by atoms with Crippen LogP contribution in [0, 0.1) is 0 Å². The minimum Gasteiger partial charge on any atom is -0.495 e. The zero-order chi connectivity index (χ0) is 30.7. The van der Waals surface area contributed by atoms with Crippen LogP contribution in [0.1, 0.15) is 25.8 Å². The van der Waals surface area contributed by atoms with Gasteiger partial charge in [0.25, 0.3) is 0 Å². The molecular weight excluding hydrogens is 558 g/mol. The van der Waals surface area contributed by atoms with Crippen LogP contribution in [0.2, 0.25) is 0 Å². The third-order valence-electron chi connectivity index (χ3n) is 7.72. The highest BCUT2D eigenvalue weighted by atomic mass is 32.2. The largest absolute Gasteiger partial charge is 0.495 e. The zero-order valence-corrected chi connectivity index (χ0v) is 25.3. The molecule has 2 amide bonds. The number of anilines is 2. The Morgan fingerprint density at radius 2 is 1.83 bits per heavy atom. The zero-order valence-electron chi connectivity index (χ0n) is 24.5. The van der Waals surface area contributed by atoms with Crippen molar-refractivity contribution in [3.8, 4) is 5.75 Å². The number of ether oxygens (including phenoxy) is 1. The van der Waals surface area contributed by atoms with Crippen LogP contribution in [0.4, 0.5) is 11.4 Å². The van der Waals surface area contributed by atoms with E-state index in [4.69, 9.17) is 4.74 Å². The van der Waals surface area contributed by atoms with Crippen LogP contribution < -0.4 is 25.2 Å². The van der Waals surface area contributed by atoms with Gasteiger partial charge in [0.15, 0.2) is 9.84 Å². The average Bonchev–Trinajstić information content (AvgIpc) is 2.96. The summed E-state index contributed by atoms with van der Waals surface area (Å²) in [5, 5.41) is 7.09. The first kappa shape index (κ1) is 31.1. The number of pyridine rings is 1. The average molecular weight is 596 g/mol. The summed E-state index contributed by atoms with van der Waals surface area (Å²) in [4.78, 5) is 47.1. The molecule has 3 unspecified atom stereocenters. The number of fused-ring (bicyclic) bond motifs is 2. The van der Waals surface area contributed by atoms with Crippen molar-refractivity contribution in [2.45, 2.75) is 44.4 Å². The van der Waals surface area contributed by atoms with Crippen LogP contribution in [0.5, 0.6) is 5.75 Å². The number of aldehydes is 1. The Morgan fingerprint density at radius 1 is 1.17 bits per heavy atom. The second-order valence-corrected chi connectivity index (χ2v) is 13.0. The van der Waals surface area contributed by atoms with Crippen molar-refractivity contribution < 1.29 is 27.5 Å². The van der Waals surface area contributed by atoms with Crippen LogP contribution in [0.15, 0.2) is 54.7 Å². The maximum absolute atomic E-state index is 14.1. The number of nitrogens with one attached hydrogen (secondary N) is 2. The molecule has 4 rings (SSSR count). The van der Waals surface area contributed by atoms with E-state index in [1.807, 2.05) is 24.3 Å². The number of rotatable bonds is 10. The molecule has 42 heavy (non-hydrogen) atoms. The van der Waals surface area contributed by atoms with Crippen molar-refractivity contribution in [1.29, 1.82) is 0 Å². The molecule has 0 bridgehead atoms. The number of hydrogen-bond donors (Lipinski definition) is 2. The Hall–Kier alpha value is -3.87. The van der Waals surface area contributed by atoms with Gasteiger partial charge >= 0.3 is 0 Å². The lowest BCUT2D eigenvalue weighted by Gasteiger charge is -2.41. The standard InChI is InChI=1S/C30H37N5O6S/c1-20-24(33-18-30(2,19-36)31-3)14-28(37)34(16-22-21-10-6-7-11-23(21)32-15-27(22)41-4)25-12-8-9-13-26(25)35(20)29(38)17-42(5,39)40/h6-13,15,19-20,24,31,33H,14,16-18H2,1-5H3. The fourth-order valence-corrected chi connectivity index (χ4v) is 5.77. The molecule has 0 saturated carbocycles. The summed E-state index contributed by atoms with van der Waals surface area (Å²) >= 11 is 0. The van der Waals surface area contributed by atoms with E-state index in [1.54, 1.807) is 56.3 Å². The molecule has 1 aliphatic rings. The second-order valence-electron chi connectivity index (χ2n) is 10.8. The van der Waals surface area contributed by atoms with E-state index in [0.29, 0.717) is 17.1 Å². The highest BCUT2D eigenvalue weighted by Gasteiger charge is 2.38. The van der Waals surface area contributed by atoms with Gasteiger partial charge in [0.05, 0.1) is 48.3 Å². The molecule has 3 aromatic rings. The van der Waals surface area contributed by atoms with Crippen LogP contribution in [0.3, 0.4) is 0 Å². The second kappa shape index (κ2) is 12.6. The van der Waals surface area contributed by atoms with Crippen molar-refractivity contribution in [1.82, 2.24) is 15.6 Å². The highest BCUT2D eigenvalue weighted by Crippen LogP contribution is 2.37. The van der Waals surface area contributed by atoms with Crippen LogP contribution in [-0.2, 0) is 30.8 Å². The van der Waals surface area contributed by atoms with Gasteiger partial charge in [-0.3, -0.25) is 14.6 Å². The third kappa shape index (κ3) is 6.61. The number of benzene rings is 2. The van der Waals surface area contributed by atoms with E-state index in [1.165, 1.54) is 12.0 Å². The number of para-hydroxylation sites is 3. The first-order chi connectivity index (χ1) is 19.9. The van der Waals surface area contributed by atoms with Crippen molar-refractivity contribution >= 4 is 50.2 Å². The molecular formula is C30H37N5O6S. The lowest BCUT2D eigenvalue weighted by molar-refractivity contribution is -0.120. The topological polar surface area (TPSA) is 138 Å². The minimum atomic E-state index is -3.66. The van der Waals surface area contributed by atoms with Gasteiger partial charge in [0.2, 0.25) is 11.8 Å². The molecule has 0 aliphatic carbocycles. The van der Waals surface area contributed by atoms with Crippen LogP contribution >= 0.6 is 0 Å². The van der Waals surface area contributed by atoms with E-state index in [2.05, 4.69) is 15.6 Å². The highest BCUT2D eigenvalue weighted by molar-refractivity contribution is 7.91. The molecule has 2 N–H and O–H groups in total. The maximum Gasteiger partial charge on any atom is 0.242 e. The van der Waals surface area contributed by atoms with Gasteiger partial charge in [0, 0.05) is 36.2 Å². The fourth-order valence-electron chi connectivity index (χ4n) is 5.18. The molecule has 0 fully saturated rings. The van der Waals surface area contributed by atoms with Gasteiger partial charge in [-0.15, -0.1) is 0 Å². The predicted octanol–water partition coefficient (Wildman–Crippen LogP) is 2.08. The summed E-state index contributed by atoms with van der Waals surface area (Å²) in [5.74, 6) is -1.03. The molecule has 0 radical (unpaired) electrons. The Kier molecular flexibility index (Phi) is 9.29. The van der Waals surface area contributed by atoms with Crippen molar-refractivity contribution in [2.75, 3.05) is 42.5 Å². The van der Waals surface area contributed by atoms with E-state index < -0.39 is 39.1 Å². The number of sulfone groups is 1. The predicted molar refractivity (Wildman–Crippen MR) is 163 cm³/mol. The molecule has 1 aliphatic heterocycles. The molecule has 0 spiro atoms. The number of aromatic nitrogens is 1. The van der Waals surface area contributed by atoms with E-state index in [0.717, 1.165) is 29.0 Å². The van der Waals surface area contributed by atoms with Crippen LogP contribution in [-0.4, -0.2) is 81.8 Å². The SMILES string of the molecule is CNC(C)(C=O)CNC1CC(=O)N(Cc2c(OC)cnc3ccccc23)c2ccccc2N(C(=O)CS(C)(=O)=O)C1C. The normalized spacial score (nSPS) is 19.0. The summed E-state index contributed by atoms with van der Waals surface area (Å²) in [7, 11) is -0.458. The molecule has 12 heteroatoms. The summed E-state index contributed by atoms with van der Waals surface area (Å²) < 4.78 is 30.1. The molecule has 2 heterocycles. The number of amides is 2. The number of likely N-dealkylation sites (N-methyl/N-ethyl adjacent to an activating group) is 1. The van der Waals surface area contributed by atoms with Gasteiger partial charge in [0.1, 0.15) is 17.8 Å². The number of methoxy groups -OCH3 is 1. The van der Waals surface area contributed by atoms with Crippen molar-refractivity contribution in [3.05, 3.63) is 60.3 Å². The number of carbonyl (C=O) groups excluding carboxylic acids is 3. The number of nitrogens with zero attached hydrogens (tertiary/aromatic N) is 3. The van der Waals surface area contributed by atoms with Crippen LogP contribution in [0.25, 0.3) is 10.9 Å². The van der Waals surface area contributed by atoms with Gasteiger partial charge in [-0.2, -0.15) is 0 Å². The van der Waals surface area contributed by atoms with Crippen molar-refractivity contribution in [3.63, 3.8) is 0 Å². The lowest BCUT2D eigenvalue weighted by Crippen LogP contribution is -2.59. The smallest absolute Gasteiger partial charge is 0.242 e. The van der Waals surface area contributed by atoms with E-state index in [-0.39, 0.29) is 25.4 Å². The first-order valence-electron chi connectivity index (χ1n) is 13.6. The molecule has 3 atom stereocenters. The van der Waals surface area contributed by atoms with E-state index in [9.17, 15) is 22.8 Å². The van der Waals surface area contributed by atoms with E-state index >= 15 is 0 Å². The fraction of sp³-hybridized carbons (Fsp3) is 0.400. The minimum absolute atomic E-state index is 0.0257. The third-order valence-corrected chi connectivity index (χ3v) is 8.49. The van der Waals surface area contributed by atoms with Gasteiger partial charge < -0.3 is 30.0 Å². The Labute approximate surface area is 246 Å². The molecule has 0 saturated heterocycles. The maximum atomic E-state index is 14.1. The summed E-state index contributed by atoms with van der Waals surface area (Å²) in [5.41, 5.74) is 1.42. The molecule has 2 aromatic carbocycles. The number of carbonyl (C=O) groups is 3. The van der Waals surface area contributed by atoms with Crippen molar-refractivity contribution in [2.24, 2.45) is 0 Å². The van der Waals surface area contributed by atoms with Gasteiger partial charge in [-0.25, -0.2) is 8.42 Å². The van der Waals surface area contributed by atoms with Gasteiger partial charge in [-0.1, -0.05) is 30.3 Å². The Morgan fingerprint density at radius 3 is 2.48 bits per heavy atom. The lowest BCUT2D eigenvalue weighted by atomic mass is 9.97. The summed E-state index contributed by atoms with van der Waals surface area (Å²) in [6.45, 7) is 3.78. The van der Waals surface area contributed by atoms with Gasteiger partial charge in [-0.05, 0) is 39.1 Å². The molecule has 1 aromatic heterocycles. The quantitative estimate of drug-likeness (QED) is 0.338. The monoisotopic (exact) mass is 595 g/mol. The summed E-state index contributed by atoms with van der Waals surface area (Å²) in [6, 6.07) is 13.3. The Bertz CT molecular complexity index is 1600. The number of hydrogen-bond acceptors (Lipinski definition) is 9. The molecule has 224 valence electrons. The molecule has 11 nitrogen and oxygen atoms in total. The summed E-state index contributed by atoms with van der Waals surface area (Å²) in [6.07, 6.45) is 3.39. The first-order valence-corrected chi connectivity index (χ1v) is 15.7.